The molecule has 0 spiro atoms. The molecular weight excluding hydrogens is 284 g/mol. The Balaban J connectivity index is 2.66. The smallest absolute Gasteiger partial charge is 0.241 e. The van der Waals surface area contributed by atoms with Crippen molar-refractivity contribution < 1.29 is 9.90 Å². The number of nitrogens with zero attached hydrogens (tertiary/aromatic N) is 1. The van der Waals surface area contributed by atoms with E-state index in [-0.39, 0.29) is 17.0 Å². The van der Waals surface area contributed by atoms with Gasteiger partial charge < -0.3 is 10.8 Å². The van der Waals surface area contributed by atoms with Crippen LogP contribution in [0.4, 0.5) is 0 Å². The number of carbonyl (C=O) groups is 1. The first-order valence-corrected chi connectivity index (χ1v) is 6.41. The van der Waals surface area contributed by atoms with Crippen molar-refractivity contribution in [1.29, 1.82) is 0 Å². The van der Waals surface area contributed by atoms with Gasteiger partial charge in [-0.2, -0.15) is 0 Å². The molecule has 5 heteroatoms. The highest BCUT2D eigenvalue weighted by atomic mass is 79.9. The third-order valence-corrected chi connectivity index (χ3v) is 3.15. The number of alkyl halides is 1. The molecular formula is C12H13BrN2O2. The molecule has 0 bridgehead atoms. The Morgan fingerprint density at radius 1 is 1.47 bits per heavy atom. The van der Waals surface area contributed by atoms with Gasteiger partial charge in [-0.15, -0.1) is 0 Å². The quantitative estimate of drug-likeness (QED) is 0.850. The predicted octanol–water partition coefficient (Wildman–Crippen LogP) is 1.88. The van der Waals surface area contributed by atoms with Gasteiger partial charge in [-0.05, 0) is 36.7 Å². The third-order valence-electron chi connectivity index (χ3n) is 2.67. The summed E-state index contributed by atoms with van der Waals surface area (Å²) in [5, 5.41) is 10.6. The number of benzene rings is 1. The van der Waals surface area contributed by atoms with Crippen LogP contribution in [0.5, 0.6) is 5.75 Å². The van der Waals surface area contributed by atoms with E-state index in [1.807, 2.05) is 0 Å². The molecule has 0 saturated heterocycles. The van der Waals surface area contributed by atoms with Crippen LogP contribution in [0.25, 0.3) is 10.9 Å². The van der Waals surface area contributed by atoms with Crippen LogP contribution in [0.3, 0.4) is 0 Å². The lowest BCUT2D eigenvalue weighted by Gasteiger charge is -2.00. The largest absolute Gasteiger partial charge is 0.508 e. The van der Waals surface area contributed by atoms with Gasteiger partial charge in [0.15, 0.2) is 0 Å². The van der Waals surface area contributed by atoms with Crippen LogP contribution < -0.4 is 5.73 Å². The zero-order chi connectivity index (χ0) is 12.4. The zero-order valence-corrected chi connectivity index (χ0v) is 10.8. The summed E-state index contributed by atoms with van der Waals surface area (Å²) in [6.07, 6.45) is 2.48. The molecule has 0 unspecified atom stereocenters. The van der Waals surface area contributed by atoms with E-state index in [9.17, 15) is 9.90 Å². The van der Waals surface area contributed by atoms with Gasteiger partial charge >= 0.3 is 0 Å². The number of hydrogen-bond donors (Lipinski definition) is 2. The molecule has 0 atom stereocenters. The molecule has 90 valence electrons. The number of aromatic nitrogens is 1. The second-order valence-corrected chi connectivity index (χ2v) is 4.35. The minimum atomic E-state index is -0.0380. The average Bonchev–Trinajstić information content (AvgIpc) is 2.67. The molecule has 0 aliphatic heterocycles. The van der Waals surface area contributed by atoms with Gasteiger partial charge in [0.25, 0.3) is 0 Å². The van der Waals surface area contributed by atoms with Crippen molar-refractivity contribution in [2.75, 3.05) is 11.9 Å². The zero-order valence-electron chi connectivity index (χ0n) is 9.19. The number of carbonyl (C=O) groups excluding carboxylic acids is 1. The van der Waals surface area contributed by atoms with Crippen molar-refractivity contribution in [3.63, 3.8) is 0 Å². The van der Waals surface area contributed by atoms with Gasteiger partial charge in [0.1, 0.15) is 5.75 Å². The second kappa shape index (κ2) is 4.89. The molecule has 0 aliphatic rings. The van der Waals surface area contributed by atoms with E-state index in [2.05, 4.69) is 15.9 Å². The number of fused-ring (bicyclic) bond motifs is 1. The number of nitrogens with two attached hydrogens (primary N) is 1. The van der Waals surface area contributed by atoms with Crippen molar-refractivity contribution >= 4 is 32.7 Å². The molecule has 4 nitrogen and oxygen atoms in total. The fraction of sp³-hybridized carbons (Fsp3) is 0.250. The number of phenols is 1. The first-order chi connectivity index (χ1) is 8.17. The van der Waals surface area contributed by atoms with Crippen molar-refractivity contribution in [2.24, 2.45) is 5.73 Å². The first-order valence-electron chi connectivity index (χ1n) is 5.29. The standard InChI is InChI=1S/C12H13BrN2O2/c13-6-12(17)15-7-8(3-4-14)10-5-9(16)1-2-11(10)15/h1-2,5,7,16H,3-4,6,14H2. The predicted molar refractivity (Wildman–Crippen MR) is 70.8 cm³/mol. The van der Waals surface area contributed by atoms with E-state index in [1.165, 1.54) is 0 Å². The van der Waals surface area contributed by atoms with E-state index in [0.717, 1.165) is 16.5 Å². The highest BCUT2D eigenvalue weighted by Gasteiger charge is 2.12. The van der Waals surface area contributed by atoms with Gasteiger partial charge in [-0.25, -0.2) is 0 Å². The van der Waals surface area contributed by atoms with Crippen LogP contribution >= 0.6 is 15.9 Å². The molecule has 2 aromatic rings. The van der Waals surface area contributed by atoms with Gasteiger partial charge in [0, 0.05) is 11.6 Å². The molecule has 2 rings (SSSR count). The SMILES string of the molecule is NCCc1cn(C(=O)CBr)c2ccc(O)cc12. The molecule has 0 radical (unpaired) electrons. The number of halogens is 1. The fourth-order valence-electron chi connectivity index (χ4n) is 1.91. The summed E-state index contributed by atoms with van der Waals surface area (Å²) >= 11 is 3.16. The maximum atomic E-state index is 11.8. The van der Waals surface area contributed by atoms with Crippen LogP contribution in [-0.2, 0) is 6.42 Å². The topological polar surface area (TPSA) is 68.2 Å². The summed E-state index contributed by atoms with van der Waals surface area (Å²) < 4.78 is 1.59. The molecule has 3 N–H and O–H groups in total. The maximum Gasteiger partial charge on any atom is 0.241 e. The van der Waals surface area contributed by atoms with Crippen LogP contribution in [0, 0.1) is 0 Å². The normalized spacial score (nSPS) is 10.9. The van der Waals surface area contributed by atoms with Gasteiger partial charge in [0.2, 0.25) is 5.91 Å². The summed E-state index contributed by atoms with van der Waals surface area (Å²) in [6, 6.07) is 4.98. The van der Waals surface area contributed by atoms with Crippen molar-refractivity contribution in [1.82, 2.24) is 4.57 Å². The third kappa shape index (κ3) is 2.21. The van der Waals surface area contributed by atoms with E-state index < -0.39 is 0 Å². The summed E-state index contributed by atoms with van der Waals surface area (Å²) in [7, 11) is 0. The number of hydrogen-bond acceptors (Lipinski definition) is 3. The van der Waals surface area contributed by atoms with Crippen LogP contribution in [-0.4, -0.2) is 27.5 Å². The Kier molecular flexibility index (Phi) is 3.49. The van der Waals surface area contributed by atoms with Crippen molar-refractivity contribution in [3.05, 3.63) is 30.0 Å². The summed E-state index contributed by atoms with van der Waals surface area (Å²) in [5.41, 5.74) is 7.32. The number of aromatic hydroxyl groups is 1. The van der Waals surface area contributed by atoms with Crippen LogP contribution in [0.1, 0.15) is 10.4 Å². The highest BCUT2D eigenvalue weighted by molar-refractivity contribution is 9.09. The van der Waals surface area contributed by atoms with E-state index >= 15 is 0 Å². The average molecular weight is 297 g/mol. The number of phenolic OH excluding ortho intramolecular Hbond substituents is 1. The van der Waals surface area contributed by atoms with Crippen molar-refractivity contribution in [3.8, 4) is 5.75 Å². The molecule has 1 aromatic carbocycles. The Morgan fingerprint density at radius 3 is 2.88 bits per heavy atom. The summed E-state index contributed by atoms with van der Waals surface area (Å²) in [6.45, 7) is 0.511. The van der Waals surface area contributed by atoms with Crippen LogP contribution in [0.15, 0.2) is 24.4 Å². The Morgan fingerprint density at radius 2 is 2.24 bits per heavy atom. The van der Waals surface area contributed by atoms with Gasteiger partial charge in [-0.1, -0.05) is 15.9 Å². The molecule has 17 heavy (non-hydrogen) atoms. The number of rotatable bonds is 3. The monoisotopic (exact) mass is 296 g/mol. The molecule has 0 fully saturated rings. The van der Waals surface area contributed by atoms with Gasteiger partial charge in [-0.3, -0.25) is 9.36 Å². The van der Waals surface area contributed by atoms with Crippen molar-refractivity contribution in [2.45, 2.75) is 6.42 Å². The summed E-state index contributed by atoms with van der Waals surface area (Å²) in [5.74, 6) is 0.156. The van der Waals surface area contributed by atoms with Crippen LogP contribution in [0.2, 0.25) is 0 Å². The van der Waals surface area contributed by atoms with Gasteiger partial charge in [0.05, 0.1) is 10.8 Å². The highest BCUT2D eigenvalue weighted by Crippen LogP contribution is 2.25. The lowest BCUT2D eigenvalue weighted by Crippen LogP contribution is -2.10. The van der Waals surface area contributed by atoms with E-state index in [1.54, 1.807) is 29.0 Å². The molecule has 0 amide bonds. The first kappa shape index (κ1) is 12.1. The molecule has 0 aliphatic carbocycles. The molecule has 0 saturated carbocycles. The maximum absolute atomic E-state index is 11.8. The lowest BCUT2D eigenvalue weighted by atomic mass is 10.1. The minimum absolute atomic E-state index is 0.0380. The second-order valence-electron chi connectivity index (χ2n) is 3.79. The minimum Gasteiger partial charge on any atom is -0.508 e. The molecule has 1 aromatic heterocycles. The van der Waals surface area contributed by atoms with E-state index in [0.29, 0.717) is 13.0 Å². The van der Waals surface area contributed by atoms with E-state index in [4.69, 9.17) is 5.73 Å². The lowest BCUT2D eigenvalue weighted by molar-refractivity contribution is 0.0948. The molecule has 1 heterocycles. The summed E-state index contributed by atoms with van der Waals surface area (Å²) in [4.78, 5) is 11.8. The Bertz CT molecular complexity index is 563. The fourth-order valence-corrected chi connectivity index (χ4v) is 2.18. The Labute approximate surface area is 107 Å². The Hall–Kier alpha value is -1.33.